The summed E-state index contributed by atoms with van der Waals surface area (Å²) in [4.78, 5) is 11.8. The van der Waals surface area contributed by atoms with E-state index in [1.165, 1.54) is 0 Å². The first-order chi connectivity index (χ1) is 10.7. The lowest BCUT2D eigenvalue weighted by molar-refractivity contribution is 0.0963. The molecule has 0 saturated carbocycles. The third-order valence-electron chi connectivity index (χ3n) is 3.41. The van der Waals surface area contributed by atoms with Gasteiger partial charge in [0, 0.05) is 18.0 Å². The van der Waals surface area contributed by atoms with Crippen molar-refractivity contribution in [3.05, 3.63) is 48.0 Å². The van der Waals surface area contributed by atoms with Crippen molar-refractivity contribution in [3.8, 4) is 5.75 Å². The van der Waals surface area contributed by atoms with Crippen LogP contribution in [-0.4, -0.2) is 30.3 Å². The monoisotopic (exact) mass is 296 g/mol. The summed E-state index contributed by atoms with van der Waals surface area (Å²) in [5.41, 5.74) is 2.16. The Morgan fingerprint density at radius 1 is 1.23 bits per heavy atom. The highest BCUT2D eigenvalue weighted by molar-refractivity contribution is 5.96. The maximum absolute atomic E-state index is 11.8. The van der Waals surface area contributed by atoms with Crippen molar-refractivity contribution < 1.29 is 9.53 Å². The number of benzene rings is 2. The minimum absolute atomic E-state index is 0.155. The highest BCUT2D eigenvalue weighted by Crippen LogP contribution is 2.30. The molecule has 6 nitrogen and oxygen atoms in total. The number of methoxy groups -OCH3 is 1. The van der Waals surface area contributed by atoms with Crippen molar-refractivity contribution in [2.45, 2.75) is 0 Å². The molecule has 0 aliphatic heterocycles. The van der Waals surface area contributed by atoms with Gasteiger partial charge >= 0.3 is 0 Å². The standard InChI is InChI=1S/C16H16N4O2/c1-17-16(21)10-7-8-14(22-2)13(9-10)18-15-11-5-3-4-6-12(11)19-20-15/h3-9H,1-2H3,(H,17,21)(H2,18,19,20). The third-order valence-corrected chi connectivity index (χ3v) is 3.41. The van der Waals surface area contributed by atoms with E-state index >= 15 is 0 Å². The van der Waals surface area contributed by atoms with Crippen LogP contribution in [0.15, 0.2) is 42.5 Å². The van der Waals surface area contributed by atoms with E-state index in [9.17, 15) is 4.79 Å². The first-order valence-electron chi connectivity index (χ1n) is 6.83. The van der Waals surface area contributed by atoms with Gasteiger partial charge in [0.05, 0.1) is 18.3 Å². The van der Waals surface area contributed by atoms with Crippen LogP contribution in [0, 0.1) is 0 Å². The number of hydrogen-bond donors (Lipinski definition) is 3. The van der Waals surface area contributed by atoms with E-state index in [4.69, 9.17) is 4.74 Å². The molecule has 0 fully saturated rings. The Morgan fingerprint density at radius 3 is 2.82 bits per heavy atom. The van der Waals surface area contributed by atoms with E-state index < -0.39 is 0 Å². The number of carbonyl (C=O) groups excluding carboxylic acids is 1. The van der Waals surface area contributed by atoms with Crippen LogP contribution in [0.5, 0.6) is 5.75 Å². The SMILES string of the molecule is CNC(=O)c1ccc(OC)c(Nc2n[nH]c3ccccc23)c1. The minimum atomic E-state index is -0.155. The highest BCUT2D eigenvalue weighted by Gasteiger charge is 2.12. The van der Waals surface area contributed by atoms with E-state index in [0.717, 1.165) is 10.9 Å². The lowest BCUT2D eigenvalue weighted by Gasteiger charge is -2.11. The number of rotatable bonds is 4. The maximum atomic E-state index is 11.8. The first kappa shape index (κ1) is 13.9. The van der Waals surface area contributed by atoms with Crippen LogP contribution in [0.2, 0.25) is 0 Å². The summed E-state index contributed by atoms with van der Waals surface area (Å²) in [5, 5.41) is 14.0. The Labute approximate surface area is 127 Å². The van der Waals surface area contributed by atoms with Gasteiger partial charge in [0.1, 0.15) is 5.75 Å². The molecule has 3 aromatic rings. The van der Waals surface area contributed by atoms with E-state index in [-0.39, 0.29) is 5.91 Å². The molecule has 1 heterocycles. The molecule has 0 unspecified atom stereocenters. The van der Waals surface area contributed by atoms with E-state index in [2.05, 4.69) is 20.8 Å². The number of fused-ring (bicyclic) bond motifs is 1. The molecule has 6 heteroatoms. The highest BCUT2D eigenvalue weighted by atomic mass is 16.5. The van der Waals surface area contributed by atoms with Crippen molar-refractivity contribution in [2.24, 2.45) is 0 Å². The van der Waals surface area contributed by atoms with Gasteiger partial charge in [-0.25, -0.2) is 0 Å². The van der Waals surface area contributed by atoms with Gasteiger partial charge in [-0.1, -0.05) is 12.1 Å². The summed E-state index contributed by atoms with van der Waals surface area (Å²) in [7, 11) is 3.18. The number of aromatic nitrogens is 2. The number of amides is 1. The van der Waals surface area contributed by atoms with Crippen LogP contribution in [-0.2, 0) is 0 Å². The van der Waals surface area contributed by atoms with E-state index in [1.807, 2.05) is 24.3 Å². The molecule has 3 N–H and O–H groups in total. The summed E-state index contributed by atoms with van der Waals surface area (Å²) in [6, 6.07) is 13.0. The fraction of sp³-hybridized carbons (Fsp3) is 0.125. The molecular weight excluding hydrogens is 280 g/mol. The van der Waals surface area contributed by atoms with Gasteiger partial charge in [-0.15, -0.1) is 0 Å². The number of carbonyl (C=O) groups is 1. The number of ether oxygens (including phenoxy) is 1. The summed E-state index contributed by atoms with van der Waals surface area (Å²) >= 11 is 0. The molecule has 0 saturated heterocycles. The molecule has 1 amide bonds. The first-order valence-corrected chi connectivity index (χ1v) is 6.83. The van der Waals surface area contributed by atoms with Gasteiger partial charge in [0.15, 0.2) is 5.82 Å². The second-order valence-corrected chi connectivity index (χ2v) is 4.74. The molecule has 0 aliphatic rings. The minimum Gasteiger partial charge on any atom is -0.495 e. The number of nitrogens with zero attached hydrogens (tertiary/aromatic N) is 1. The van der Waals surface area contributed by atoms with E-state index in [0.29, 0.717) is 22.8 Å². The molecule has 1 aromatic heterocycles. The Morgan fingerprint density at radius 2 is 2.05 bits per heavy atom. The number of nitrogens with one attached hydrogen (secondary N) is 3. The Kier molecular flexibility index (Phi) is 3.65. The second-order valence-electron chi connectivity index (χ2n) is 4.74. The average molecular weight is 296 g/mol. The lowest BCUT2D eigenvalue weighted by atomic mass is 10.1. The largest absolute Gasteiger partial charge is 0.495 e. The van der Waals surface area contributed by atoms with Gasteiger partial charge in [0.2, 0.25) is 0 Å². The van der Waals surface area contributed by atoms with Crippen LogP contribution in [0.1, 0.15) is 10.4 Å². The Balaban J connectivity index is 2.01. The molecule has 0 bridgehead atoms. The molecule has 3 rings (SSSR count). The van der Waals surface area contributed by atoms with Crippen molar-refractivity contribution >= 4 is 28.3 Å². The van der Waals surface area contributed by atoms with Gasteiger partial charge in [-0.2, -0.15) is 5.10 Å². The maximum Gasteiger partial charge on any atom is 0.251 e. The zero-order valence-corrected chi connectivity index (χ0v) is 12.3. The Hall–Kier alpha value is -3.02. The van der Waals surface area contributed by atoms with Gasteiger partial charge in [0.25, 0.3) is 5.91 Å². The van der Waals surface area contributed by atoms with E-state index in [1.54, 1.807) is 32.4 Å². The zero-order valence-electron chi connectivity index (χ0n) is 12.3. The smallest absolute Gasteiger partial charge is 0.251 e. The van der Waals surface area contributed by atoms with Crippen molar-refractivity contribution in [1.82, 2.24) is 15.5 Å². The van der Waals surface area contributed by atoms with Crippen molar-refractivity contribution in [2.75, 3.05) is 19.5 Å². The Bertz CT molecular complexity index is 826. The molecule has 0 aliphatic carbocycles. The number of aromatic amines is 1. The van der Waals surface area contributed by atoms with Crippen LogP contribution < -0.4 is 15.4 Å². The summed E-state index contributed by atoms with van der Waals surface area (Å²) in [6.45, 7) is 0. The van der Waals surface area contributed by atoms with Crippen molar-refractivity contribution in [3.63, 3.8) is 0 Å². The second kappa shape index (κ2) is 5.77. The number of para-hydroxylation sites is 1. The average Bonchev–Trinajstić information content (AvgIpc) is 2.97. The normalized spacial score (nSPS) is 10.5. The van der Waals surface area contributed by atoms with Crippen molar-refractivity contribution in [1.29, 1.82) is 0 Å². The zero-order chi connectivity index (χ0) is 15.5. The molecule has 2 aromatic carbocycles. The van der Waals surface area contributed by atoms with Gasteiger partial charge in [-0.3, -0.25) is 9.89 Å². The fourth-order valence-corrected chi connectivity index (χ4v) is 2.28. The molecule has 0 radical (unpaired) electrons. The fourth-order valence-electron chi connectivity index (χ4n) is 2.28. The number of hydrogen-bond acceptors (Lipinski definition) is 4. The summed E-state index contributed by atoms with van der Waals surface area (Å²) in [5.74, 6) is 1.17. The van der Waals surface area contributed by atoms with Crippen LogP contribution in [0.4, 0.5) is 11.5 Å². The summed E-state index contributed by atoms with van der Waals surface area (Å²) < 4.78 is 5.34. The predicted octanol–water partition coefficient (Wildman–Crippen LogP) is 2.67. The van der Waals surface area contributed by atoms with Gasteiger partial charge < -0.3 is 15.4 Å². The quantitative estimate of drug-likeness (QED) is 0.691. The molecule has 0 atom stereocenters. The van der Waals surface area contributed by atoms with Crippen LogP contribution in [0.25, 0.3) is 10.9 Å². The molecule has 22 heavy (non-hydrogen) atoms. The lowest BCUT2D eigenvalue weighted by Crippen LogP contribution is -2.17. The molecular formula is C16H16N4O2. The summed E-state index contributed by atoms with van der Waals surface area (Å²) in [6.07, 6.45) is 0. The van der Waals surface area contributed by atoms with Gasteiger partial charge in [-0.05, 0) is 30.3 Å². The number of H-pyrrole nitrogens is 1. The molecule has 0 spiro atoms. The molecule has 112 valence electrons. The third kappa shape index (κ3) is 2.46. The number of anilines is 2. The predicted molar refractivity (Wildman–Crippen MR) is 85.8 cm³/mol. The van der Waals surface area contributed by atoms with Crippen LogP contribution >= 0.6 is 0 Å². The van der Waals surface area contributed by atoms with Crippen LogP contribution in [0.3, 0.4) is 0 Å². The topological polar surface area (TPSA) is 79.0 Å².